The number of thiophene rings is 1. The molecule has 2 aliphatic rings. The minimum Gasteiger partial charge on any atom is -0.356 e. The third-order valence-corrected chi connectivity index (χ3v) is 9.03. The van der Waals surface area contributed by atoms with E-state index in [1.165, 1.54) is 35.0 Å². The molecule has 0 saturated carbocycles. The Morgan fingerprint density at radius 1 is 1.24 bits per heavy atom. The van der Waals surface area contributed by atoms with E-state index in [2.05, 4.69) is 28.2 Å². The maximum Gasteiger partial charge on any atom is 0.270 e. The van der Waals surface area contributed by atoms with Crippen molar-refractivity contribution >= 4 is 34.8 Å². The standard InChI is InChI=1S/C24H29N5O2S2/c1-3-15-6-7-20-16(10-15)12-21(33-20)22-26-27-24(28(22)2)32-14-19(30)17-11-18(25-13-17)23(31)29-8-4-5-9-29/h11-13,15,25H,3-10,14H2,1-2H3/t15-/m1/s1. The molecule has 4 heterocycles. The van der Waals surface area contributed by atoms with Crippen LogP contribution in [0, 0.1) is 5.92 Å². The van der Waals surface area contributed by atoms with E-state index in [4.69, 9.17) is 0 Å². The normalized spacial score (nSPS) is 18.0. The van der Waals surface area contributed by atoms with E-state index in [0.29, 0.717) is 11.3 Å². The molecule has 1 aliphatic heterocycles. The largest absolute Gasteiger partial charge is 0.356 e. The highest BCUT2D eigenvalue weighted by Crippen LogP contribution is 2.38. The van der Waals surface area contributed by atoms with Crippen molar-refractivity contribution in [3.8, 4) is 10.7 Å². The van der Waals surface area contributed by atoms with E-state index >= 15 is 0 Å². The monoisotopic (exact) mass is 483 g/mol. The van der Waals surface area contributed by atoms with Gasteiger partial charge in [0, 0.05) is 36.8 Å². The van der Waals surface area contributed by atoms with E-state index in [-0.39, 0.29) is 17.4 Å². The molecule has 1 atom stereocenters. The third kappa shape index (κ3) is 4.53. The van der Waals surface area contributed by atoms with Crippen molar-refractivity contribution in [2.75, 3.05) is 18.8 Å². The van der Waals surface area contributed by atoms with Gasteiger partial charge in [-0.1, -0.05) is 25.1 Å². The third-order valence-electron chi connectivity index (χ3n) is 6.78. The van der Waals surface area contributed by atoms with Gasteiger partial charge in [0.05, 0.1) is 10.6 Å². The van der Waals surface area contributed by atoms with Crippen LogP contribution in [0.4, 0.5) is 0 Å². The lowest BCUT2D eigenvalue weighted by Gasteiger charge is -2.19. The Morgan fingerprint density at radius 3 is 2.85 bits per heavy atom. The van der Waals surface area contributed by atoms with E-state index in [9.17, 15) is 9.59 Å². The molecule has 7 nitrogen and oxygen atoms in total. The number of aromatic nitrogens is 4. The number of carbonyl (C=O) groups is 2. The van der Waals surface area contributed by atoms with Crippen molar-refractivity contribution in [1.82, 2.24) is 24.6 Å². The summed E-state index contributed by atoms with van der Waals surface area (Å²) in [7, 11) is 1.96. The Balaban J connectivity index is 1.23. The average molecular weight is 484 g/mol. The first-order valence-electron chi connectivity index (χ1n) is 11.7. The van der Waals surface area contributed by atoms with Crippen molar-refractivity contribution in [3.05, 3.63) is 40.0 Å². The lowest BCUT2D eigenvalue weighted by atomic mass is 9.87. The Bertz CT molecular complexity index is 1170. The van der Waals surface area contributed by atoms with Crippen LogP contribution in [0.25, 0.3) is 10.7 Å². The van der Waals surface area contributed by atoms with Gasteiger partial charge in [0.25, 0.3) is 5.91 Å². The molecular weight excluding hydrogens is 454 g/mol. The molecule has 1 N–H and O–H groups in total. The first-order valence-corrected chi connectivity index (χ1v) is 13.5. The number of ketones is 1. The Labute approximate surface area is 202 Å². The summed E-state index contributed by atoms with van der Waals surface area (Å²) in [5.41, 5.74) is 2.48. The van der Waals surface area contributed by atoms with E-state index in [1.807, 2.05) is 27.9 Å². The van der Waals surface area contributed by atoms with E-state index < -0.39 is 0 Å². The number of hydrogen-bond acceptors (Lipinski definition) is 6. The number of amides is 1. The SMILES string of the molecule is CC[C@@H]1CCc2sc(-c3nnc(SCC(=O)c4c[nH]c(C(=O)N5CCCC5)c4)n3C)cc2C1. The molecule has 1 aliphatic carbocycles. The number of rotatable bonds is 7. The number of nitrogens with one attached hydrogen (secondary N) is 1. The van der Waals surface area contributed by atoms with Crippen LogP contribution in [0.2, 0.25) is 0 Å². The van der Waals surface area contributed by atoms with Crippen molar-refractivity contribution in [3.63, 3.8) is 0 Å². The quantitative estimate of drug-likeness (QED) is 0.392. The molecule has 3 aromatic heterocycles. The number of Topliss-reactive ketones (excluding diaryl/α,β-unsaturated/α-hetero) is 1. The fourth-order valence-corrected chi connectivity index (χ4v) is 6.73. The molecule has 174 valence electrons. The van der Waals surface area contributed by atoms with Gasteiger partial charge in [-0.3, -0.25) is 9.59 Å². The van der Waals surface area contributed by atoms with Crippen LogP contribution in [0.1, 0.15) is 63.9 Å². The molecule has 3 aromatic rings. The summed E-state index contributed by atoms with van der Waals surface area (Å²) in [6, 6.07) is 3.95. The number of nitrogens with zero attached hydrogens (tertiary/aromatic N) is 4. The molecule has 1 saturated heterocycles. The van der Waals surface area contributed by atoms with Gasteiger partial charge in [0.2, 0.25) is 0 Å². The van der Waals surface area contributed by atoms with Crippen LogP contribution < -0.4 is 0 Å². The maximum atomic E-state index is 12.7. The highest BCUT2D eigenvalue weighted by molar-refractivity contribution is 7.99. The smallest absolute Gasteiger partial charge is 0.270 e. The molecule has 0 bridgehead atoms. The van der Waals surface area contributed by atoms with Crippen molar-refractivity contribution < 1.29 is 9.59 Å². The second-order valence-electron chi connectivity index (χ2n) is 8.95. The number of H-pyrrole nitrogens is 1. The first-order chi connectivity index (χ1) is 16.0. The van der Waals surface area contributed by atoms with Crippen LogP contribution >= 0.6 is 23.1 Å². The van der Waals surface area contributed by atoms with Crippen LogP contribution in [0.15, 0.2) is 23.5 Å². The maximum absolute atomic E-state index is 12.7. The Kier molecular flexibility index (Phi) is 6.42. The molecule has 0 radical (unpaired) electrons. The fourth-order valence-electron chi connectivity index (χ4n) is 4.70. The summed E-state index contributed by atoms with van der Waals surface area (Å²) < 4.78 is 1.98. The zero-order chi connectivity index (χ0) is 22.9. The number of thioether (sulfide) groups is 1. The van der Waals surface area contributed by atoms with Gasteiger partial charge in [-0.15, -0.1) is 21.5 Å². The number of likely N-dealkylation sites (tertiary alicyclic amines) is 1. The molecular formula is C24H29N5O2S2. The summed E-state index contributed by atoms with van der Waals surface area (Å²) in [6.45, 7) is 3.85. The van der Waals surface area contributed by atoms with E-state index in [0.717, 1.165) is 60.5 Å². The lowest BCUT2D eigenvalue weighted by Crippen LogP contribution is -2.27. The summed E-state index contributed by atoms with van der Waals surface area (Å²) >= 11 is 3.21. The lowest BCUT2D eigenvalue weighted by molar-refractivity contribution is 0.0787. The zero-order valence-corrected chi connectivity index (χ0v) is 20.7. The molecule has 5 rings (SSSR count). The average Bonchev–Trinajstić information content (AvgIpc) is 3.63. The summed E-state index contributed by atoms with van der Waals surface area (Å²) in [4.78, 5) is 32.7. The second kappa shape index (κ2) is 9.46. The van der Waals surface area contributed by atoms with Crippen LogP contribution in [-0.2, 0) is 19.9 Å². The predicted molar refractivity (Wildman–Crippen MR) is 131 cm³/mol. The van der Waals surface area contributed by atoms with Crippen molar-refractivity contribution in [2.24, 2.45) is 13.0 Å². The summed E-state index contributed by atoms with van der Waals surface area (Å²) in [5, 5.41) is 9.49. The molecule has 1 fully saturated rings. The number of fused-ring (bicyclic) bond motifs is 1. The van der Waals surface area contributed by atoms with Gasteiger partial charge in [-0.2, -0.15) is 0 Å². The van der Waals surface area contributed by atoms with Gasteiger partial charge < -0.3 is 14.5 Å². The Morgan fingerprint density at radius 2 is 2.06 bits per heavy atom. The predicted octanol–water partition coefficient (Wildman–Crippen LogP) is 4.60. The van der Waals surface area contributed by atoms with Gasteiger partial charge >= 0.3 is 0 Å². The molecule has 9 heteroatoms. The minimum absolute atomic E-state index is 0.0268. The molecule has 33 heavy (non-hydrogen) atoms. The second-order valence-corrected chi connectivity index (χ2v) is 11.0. The van der Waals surface area contributed by atoms with Crippen LogP contribution in [0.3, 0.4) is 0 Å². The van der Waals surface area contributed by atoms with Gasteiger partial charge in [-0.25, -0.2) is 0 Å². The van der Waals surface area contributed by atoms with E-state index in [1.54, 1.807) is 12.3 Å². The number of aryl methyl sites for hydroxylation is 1. The van der Waals surface area contributed by atoms with Crippen molar-refractivity contribution in [1.29, 1.82) is 0 Å². The van der Waals surface area contributed by atoms with Crippen molar-refractivity contribution in [2.45, 2.75) is 50.6 Å². The van der Waals surface area contributed by atoms with Crippen LogP contribution in [-0.4, -0.2) is 55.2 Å². The van der Waals surface area contributed by atoms with Gasteiger partial charge in [0.15, 0.2) is 16.8 Å². The fraction of sp³-hybridized carbons (Fsp3) is 0.500. The molecule has 0 spiro atoms. The van der Waals surface area contributed by atoms with Gasteiger partial charge in [0.1, 0.15) is 5.69 Å². The molecule has 1 amide bonds. The molecule has 0 aromatic carbocycles. The number of hydrogen-bond donors (Lipinski definition) is 1. The highest BCUT2D eigenvalue weighted by atomic mass is 32.2. The Hall–Kier alpha value is -2.39. The molecule has 0 unspecified atom stereocenters. The topological polar surface area (TPSA) is 83.9 Å². The number of aromatic amines is 1. The highest BCUT2D eigenvalue weighted by Gasteiger charge is 2.24. The zero-order valence-electron chi connectivity index (χ0n) is 19.1. The summed E-state index contributed by atoms with van der Waals surface area (Å²) in [6.07, 6.45) is 8.55. The first kappa shape index (κ1) is 22.4. The minimum atomic E-state index is -0.0292. The van der Waals surface area contributed by atoms with Crippen LogP contribution in [0.5, 0.6) is 0 Å². The number of carbonyl (C=O) groups excluding carboxylic acids is 2. The van der Waals surface area contributed by atoms with Gasteiger partial charge in [-0.05, 0) is 55.7 Å². The summed E-state index contributed by atoms with van der Waals surface area (Å²) in [5.74, 6) is 1.84.